The normalized spacial score (nSPS) is 15.3. The molecule has 27 heavy (non-hydrogen) atoms. The third-order valence-corrected chi connectivity index (χ3v) is 4.62. The topological polar surface area (TPSA) is 45.3 Å². The molecule has 0 fully saturated rings. The van der Waals surface area contributed by atoms with E-state index in [-0.39, 0.29) is 11.2 Å². The molecule has 0 aliphatic carbocycles. The fourth-order valence-corrected chi connectivity index (χ4v) is 3.25. The minimum atomic E-state index is -4.71. The molecule has 2 aromatic rings. The summed E-state index contributed by atoms with van der Waals surface area (Å²) in [6.45, 7) is 5.36. The molecule has 0 saturated carbocycles. The van der Waals surface area contributed by atoms with Crippen molar-refractivity contribution < 1.29 is 17.9 Å². The van der Waals surface area contributed by atoms with Crippen LogP contribution in [0.1, 0.15) is 25.8 Å². The highest BCUT2D eigenvalue weighted by Crippen LogP contribution is 2.38. The van der Waals surface area contributed by atoms with Gasteiger partial charge in [-0.15, -0.1) is 13.2 Å². The quantitative estimate of drug-likeness (QED) is 0.600. The number of benzene rings is 2. The van der Waals surface area contributed by atoms with Crippen LogP contribution in [0.25, 0.3) is 0 Å². The first kappa shape index (κ1) is 19.3. The molecule has 2 aromatic carbocycles. The molecule has 3 rings (SSSR count). The molecule has 8 heteroatoms. The molecule has 0 amide bonds. The summed E-state index contributed by atoms with van der Waals surface area (Å²) in [5, 5.41) is 9.80. The summed E-state index contributed by atoms with van der Waals surface area (Å²) in [5.41, 5.74) is 3.81. The predicted molar refractivity (Wildman–Crippen MR) is 106 cm³/mol. The van der Waals surface area contributed by atoms with Gasteiger partial charge in [-0.05, 0) is 72.1 Å². The summed E-state index contributed by atoms with van der Waals surface area (Å²) in [5.74, 6) is -0.281. The van der Waals surface area contributed by atoms with Crippen molar-refractivity contribution in [1.29, 1.82) is 0 Å². The fraction of sp³-hybridized carbons (Fsp3) is 0.316. The van der Waals surface area contributed by atoms with Crippen LogP contribution in [-0.2, 0) is 5.41 Å². The number of ether oxygens (including phenoxy) is 1. The van der Waals surface area contributed by atoms with Gasteiger partial charge in [0.05, 0.1) is 0 Å². The highest BCUT2D eigenvalue weighted by Gasteiger charge is 2.31. The predicted octanol–water partition coefficient (Wildman–Crippen LogP) is 5.49. The largest absolute Gasteiger partial charge is 0.573 e. The highest BCUT2D eigenvalue weighted by molar-refractivity contribution is 7.80. The Kier molecular flexibility index (Phi) is 5.19. The Bertz CT molecular complexity index is 835. The van der Waals surface area contributed by atoms with Crippen LogP contribution < -0.4 is 20.7 Å². The van der Waals surface area contributed by atoms with E-state index in [4.69, 9.17) is 12.2 Å². The first-order valence-electron chi connectivity index (χ1n) is 8.45. The maximum atomic E-state index is 12.2. The Morgan fingerprint density at radius 2 is 1.70 bits per heavy atom. The van der Waals surface area contributed by atoms with Crippen LogP contribution in [-0.4, -0.2) is 18.0 Å². The molecular formula is C19H20F3N3OS. The number of alkyl halides is 3. The number of hydrogen-bond donors (Lipinski definition) is 3. The number of anilines is 3. The number of nitrogens with one attached hydrogen (secondary N) is 3. The lowest BCUT2D eigenvalue weighted by atomic mass is 9.78. The van der Waals surface area contributed by atoms with Gasteiger partial charge in [-0.3, -0.25) is 0 Å². The van der Waals surface area contributed by atoms with E-state index in [2.05, 4.69) is 40.6 Å². The minimum Gasteiger partial charge on any atom is -0.406 e. The number of hydrogen-bond acceptors (Lipinski definition) is 3. The van der Waals surface area contributed by atoms with Crippen molar-refractivity contribution in [2.24, 2.45) is 0 Å². The van der Waals surface area contributed by atoms with E-state index in [0.29, 0.717) is 10.8 Å². The van der Waals surface area contributed by atoms with Gasteiger partial charge in [-0.25, -0.2) is 0 Å². The zero-order chi connectivity index (χ0) is 19.7. The van der Waals surface area contributed by atoms with Crippen molar-refractivity contribution in [3.8, 4) is 5.75 Å². The summed E-state index contributed by atoms with van der Waals surface area (Å²) < 4.78 is 40.4. The lowest BCUT2D eigenvalue weighted by Gasteiger charge is -2.33. The van der Waals surface area contributed by atoms with Gasteiger partial charge in [0.15, 0.2) is 5.11 Å². The van der Waals surface area contributed by atoms with Crippen molar-refractivity contribution >= 4 is 34.4 Å². The van der Waals surface area contributed by atoms with Crippen LogP contribution in [0.15, 0.2) is 42.5 Å². The van der Waals surface area contributed by atoms with Crippen molar-refractivity contribution in [2.75, 3.05) is 22.5 Å². The van der Waals surface area contributed by atoms with Crippen LogP contribution in [0, 0.1) is 0 Å². The van der Waals surface area contributed by atoms with Crippen LogP contribution in [0.5, 0.6) is 5.75 Å². The number of thiocarbonyl (C=S) groups is 1. The molecule has 1 aliphatic heterocycles. The highest BCUT2D eigenvalue weighted by atomic mass is 32.1. The molecule has 1 aliphatic rings. The maximum Gasteiger partial charge on any atom is 0.573 e. The summed E-state index contributed by atoms with van der Waals surface area (Å²) >= 11 is 5.30. The summed E-state index contributed by atoms with van der Waals surface area (Å²) in [7, 11) is 0. The first-order valence-corrected chi connectivity index (χ1v) is 8.85. The first-order chi connectivity index (χ1) is 12.6. The van der Waals surface area contributed by atoms with E-state index < -0.39 is 6.36 Å². The van der Waals surface area contributed by atoms with Crippen molar-refractivity contribution in [3.05, 3.63) is 48.0 Å². The van der Waals surface area contributed by atoms with Gasteiger partial charge in [0.2, 0.25) is 0 Å². The van der Waals surface area contributed by atoms with Gasteiger partial charge in [0.1, 0.15) is 5.75 Å². The summed E-state index contributed by atoms with van der Waals surface area (Å²) in [4.78, 5) is 0. The number of rotatable bonds is 3. The van der Waals surface area contributed by atoms with Gasteiger partial charge in [-0.2, -0.15) is 0 Å². The minimum absolute atomic E-state index is 0.0711. The molecule has 0 saturated heterocycles. The molecule has 0 radical (unpaired) electrons. The summed E-state index contributed by atoms with van der Waals surface area (Å²) in [6.07, 6.45) is -3.67. The Balaban J connectivity index is 1.64. The van der Waals surface area contributed by atoms with E-state index in [1.54, 1.807) is 0 Å². The Labute approximate surface area is 161 Å². The van der Waals surface area contributed by atoms with Crippen LogP contribution >= 0.6 is 12.2 Å². The molecule has 0 unspecified atom stereocenters. The molecule has 0 atom stereocenters. The second-order valence-electron chi connectivity index (χ2n) is 6.97. The van der Waals surface area contributed by atoms with Crippen molar-refractivity contribution in [1.82, 2.24) is 0 Å². The van der Waals surface area contributed by atoms with Crippen LogP contribution in [0.2, 0.25) is 0 Å². The van der Waals surface area contributed by atoms with Gasteiger partial charge < -0.3 is 20.7 Å². The van der Waals surface area contributed by atoms with E-state index in [1.807, 2.05) is 12.1 Å². The average Bonchev–Trinajstić information content (AvgIpc) is 2.56. The third-order valence-electron chi connectivity index (χ3n) is 4.42. The molecule has 144 valence electrons. The number of halogens is 3. The SMILES string of the molecule is CC1(C)CCNc2ccc(NC(=S)Nc3ccc(OC(F)(F)F)cc3)cc21. The zero-order valence-electron chi connectivity index (χ0n) is 14.9. The lowest BCUT2D eigenvalue weighted by Crippen LogP contribution is -2.28. The van der Waals surface area contributed by atoms with Gasteiger partial charge in [0, 0.05) is 23.6 Å². The Morgan fingerprint density at radius 3 is 2.37 bits per heavy atom. The maximum absolute atomic E-state index is 12.2. The number of fused-ring (bicyclic) bond motifs is 1. The fourth-order valence-electron chi connectivity index (χ4n) is 3.01. The second kappa shape index (κ2) is 7.26. The molecule has 0 aromatic heterocycles. The molecule has 3 N–H and O–H groups in total. The van der Waals surface area contributed by atoms with E-state index in [9.17, 15) is 13.2 Å². The standard InChI is InChI=1S/C19H20F3N3OS/c1-18(2)9-10-23-16-8-5-13(11-15(16)18)25-17(27)24-12-3-6-14(7-4-12)26-19(20,21)22/h3-8,11,23H,9-10H2,1-2H3,(H2,24,25,27). The van der Waals surface area contributed by atoms with Crippen LogP contribution in [0.3, 0.4) is 0 Å². The van der Waals surface area contributed by atoms with E-state index >= 15 is 0 Å². The van der Waals surface area contributed by atoms with E-state index in [0.717, 1.165) is 24.3 Å². The molecule has 4 nitrogen and oxygen atoms in total. The van der Waals surface area contributed by atoms with Gasteiger partial charge in [-0.1, -0.05) is 13.8 Å². The molecule has 1 heterocycles. The average molecular weight is 395 g/mol. The molecule has 0 bridgehead atoms. The molecular weight excluding hydrogens is 375 g/mol. The van der Waals surface area contributed by atoms with Crippen molar-refractivity contribution in [3.63, 3.8) is 0 Å². The Morgan fingerprint density at radius 1 is 1.07 bits per heavy atom. The molecule has 0 spiro atoms. The second-order valence-corrected chi connectivity index (χ2v) is 7.38. The Hall–Kier alpha value is -2.48. The third kappa shape index (κ3) is 5.03. The van der Waals surface area contributed by atoms with Gasteiger partial charge in [0.25, 0.3) is 0 Å². The summed E-state index contributed by atoms with van der Waals surface area (Å²) in [6, 6.07) is 11.4. The monoisotopic (exact) mass is 395 g/mol. The van der Waals surface area contributed by atoms with E-state index in [1.165, 1.54) is 29.8 Å². The smallest absolute Gasteiger partial charge is 0.406 e. The van der Waals surface area contributed by atoms with Crippen molar-refractivity contribution in [2.45, 2.75) is 32.0 Å². The van der Waals surface area contributed by atoms with Gasteiger partial charge >= 0.3 is 6.36 Å². The van der Waals surface area contributed by atoms with Crippen LogP contribution in [0.4, 0.5) is 30.2 Å². The lowest BCUT2D eigenvalue weighted by molar-refractivity contribution is -0.274. The zero-order valence-corrected chi connectivity index (χ0v) is 15.7.